The number of rotatable bonds is 49. The zero-order valence-electron chi connectivity index (χ0n) is 49.8. The van der Waals surface area contributed by atoms with Crippen molar-refractivity contribution in [1.29, 1.82) is 0 Å². The van der Waals surface area contributed by atoms with Crippen molar-refractivity contribution in [3.05, 3.63) is 178 Å². The molecule has 0 aromatic heterocycles. The molecule has 5 rings (SSSR count). The van der Waals surface area contributed by atoms with E-state index >= 15 is 0 Å². The lowest BCUT2D eigenvalue weighted by atomic mass is 9.77. The van der Waals surface area contributed by atoms with Crippen molar-refractivity contribution in [3.8, 4) is 5.75 Å². The number of hydrogen-bond acceptors (Lipinski definition) is 17. The van der Waals surface area contributed by atoms with E-state index in [0.29, 0.717) is 136 Å². The Kier molecular flexibility index (Phi) is 35.7. The predicted octanol–water partition coefficient (Wildman–Crippen LogP) is 5.67. The molecule has 0 saturated carbocycles. The Labute approximate surface area is 510 Å². The molecule has 0 spiro atoms. The normalized spacial score (nSPS) is 11.9. The molecular weight excluding hydrogens is 1120 g/mol. The third-order valence-electron chi connectivity index (χ3n) is 13.3. The fraction of sp³-hybridized carbons (Fsp3) is 0.469. The maximum absolute atomic E-state index is 14.3. The fourth-order valence-corrected chi connectivity index (χ4v) is 8.87. The van der Waals surface area contributed by atoms with Crippen LogP contribution in [0.2, 0.25) is 0 Å². The van der Waals surface area contributed by atoms with Gasteiger partial charge in [-0.1, -0.05) is 120 Å². The Hall–Kier alpha value is -7.35. The van der Waals surface area contributed by atoms with E-state index in [0.717, 1.165) is 28.0 Å². The van der Waals surface area contributed by atoms with E-state index < -0.39 is 54.5 Å². The van der Waals surface area contributed by atoms with E-state index in [4.69, 9.17) is 52.9 Å². The average Bonchev–Trinajstić information content (AvgIpc) is 1.19. The van der Waals surface area contributed by atoms with Gasteiger partial charge in [0.05, 0.1) is 125 Å². The number of benzene rings is 5. The van der Waals surface area contributed by atoms with Gasteiger partial charge in [0.1, 0.15) is 31.0 Å². The smallest absolute Gasteiger partial charge is 0.246 e. The fourth-order valence-electron chi connectivity index (χ4n) is 8.87. The number of nitrogens with zero attached hydrogens (tertiary/aromatic N) is 3. The molecule has 0 bridgehead atoms. The number of aliphatic hydroxyl groups is 1. The molecule has 2 unspecified atom stereocenters. The molecule has 23 nitrogen and oxygen atoms in total. The molecule has 0 aliphatic rings. The van der Waals surface area contributed by atoms with Crippen molar-refractivity contribution in [2.24, 2.45) is 5.11 Å². The molecule has 0 aliphatic carbocycles. The van der Waals surface area contributed by atoms with Crippen molar-refractivity contribution in [2.45, 2.75) is 49.9 Å². The van der Waals surface area contributed by atoms with Gasteiger partial charge in [0, 0.05) is 30.1 Å². The summed E-state index contributed by atoms with van der Waals surface area (Å²) in [4.78, 5) is 57.1. The Morgan fingerprint density at radius 1 is 0.506 bits per heavy atom. The molecule has 472 valence electrons. The number of nitrogens with one attached hydrogen (secondary N) is 5. The Bertz CT molecular complexity index is 2660. The van der Waals surface area contributed by atoms with Crippen molar-refractivity contribution >= 4 is 29.3 Å². The number of carbonyl (C=O) groups is 4. The third-order valence-corrected chi connectivity index (χ3v) is 13.3. The summed E-state index contributed by atoms with van der Waals surface area (Å²) in [5.41, 5.74) is 12.5. The van der Waals surface area contributed by atoms with E-state index in [2.05, 4.69) is 73.0 Å². The van der Waals surface area contributed by atoms with E-state index in [1.165, 1.54) is 0 Å². The molecule has 5 aromatic rings. The number of carbonyl (C=O) groups excluding carboxylic acids is 4. The van der Waals surface area contributed by atoms with Crippen LogP contribution in [0.4, 0.5) is 5.69 Å². The third kappa shape index (κ3) is 28.4. The Balaban J connectivity index is 0.993. The molecule has 6 N–H and O–H groups in total. The molecule has 0 radical (unpaired) electrons. The minimum Gasteiger partial charge on any atom is -0.497 e. The summed E-state index contributed by atoms with van der Waals surface area (Å²) >= 11 is 0. The topological polar surface area (TPSA) is 290 Å². The van der Waals surface area contributed by atoms with Gasteiger partial charge in [-0.3, -0.25) is 24.5 Å². The summed E-state index contributed by atoms with van der Waals surface area (Å²) in [6.07, 6.45) is 1.52. The van der Waals surface area contributed by atoms with Crippen molar-refractivity contribution in [3.63, 3.8) is 0 Å². The van der Waals surface area contributed by atoms with Gasteiger partial charge in [0.25, 0.3) is 0 Å². The van der Waals surface area contributed by atoms with Crippen LogP contribution in [0, 0.1) is 0 Å². The molecule has 23 heteroatoms. The van der Waals surface area contributed by atoms with Crippen LogP contribution in [0.15, 0.2) is 145 Å². The second-order valence-electron chi connectivity index (χ2n) is 19.5. The van der Waals surface area contributed by atoms with Crippen molar-refractivity contribution in [1.82, 2.24) is 21.3 Å². The minimum absolute atomic E-state index is 0.110. The van der Waals surface area contributed by atoms with E-state index in [9.17, 15) is 24.3 Å². The SMILES string of the molecule is COc1ccc(C(NCCCCC(NC(=O)C(Cc2ccccc2)NC(=O)COCC(=O)NCCOCCOCCOCCOCCOCCOCCOCCOCCN=[N+]=[N-])C(=O)Nc2ccc(CO)cc2)(c2ccccc2)c2ccccc2)cc1. The lowest BCUT2D eigenvalue weighted by Crippen LogP contribution is -2.54. The van der Waals surface area contributed by atoms with Crippen LogP contribution < -0.4 is 31.3 Å². The summed E-state index contributed by atoms with van der Waals surface area (Å²) < 4.78 is 54.6. The molecule has 87 heavy (non-hydrogen) atoms. The highest BCUT2D eigenvalue weighted by atomic mass is 16.6. The summed E-state index contributed by atoms with van der Waals surface area (Å²) in [6.45, 7) is 6.34. The summed E-state index contributed by atoms with van der Waals surface area (Å²) in [5.74, 6) is -1.38. The van der Waals surface area contributed by atoms with Gasteiger partial charge in [-0.2, -0.15) is 0 Å². The first kappa shape index (κ1) is 70.4. The second kappa shape index (κ2) is 44.1. The number of ether oxygens (including phenoxy) is 10. The van der Waals surface area contributed by atoms with Gasteiger partial charge in [-0.05, 0) is 83.4 Å². The number of unbranched alkanes of at least 4 members (excludes halogenated alkanes) is 1. The first-order valence-corrected chi connectivity index (χ1v) is 29.4. The minimum atomic E-state index is -1.11. The van der Waals surface area contributed by atoms with Gasteiger partial charge in [0.15, 0.2) is 0 Å². The highest BCUT2D eigenvalue weighted by Crippen LogP contribution is 2.37. The molecule has 4 amide bonds. The number of methoxy groups -OCH3 is 1. The van der Waals surface area contributed by atoms with Crippen LogP contribution in [-0.2, 0) is 80.4 Å². The molecule has 5 aromatic carbocycles. The maximum Gasteiger partial charge on any atom is 0.246 e. The van der Waals surface area contributed by atoms with Gasteiger partial charge in [-0.25, -0.2) is 0 Å². The summed E-state index contributed by atoms with van der Waals surface area (Å²) in [6, 6.07) is 42.3. The zero-order valence-corrected chi connectivity index (χ0v) is 49.8. The standard InChI is InChI=1S/C64H86N8O15/c1-78-57-26-22-55(23-27-57)64(53-15-7-3-8-16-53,54-17-9-4-10-18-54)67-28-12-11-19-58(62(76)69-56-24-20-52(48-73)21-25-56)71-63(77)59(47-51-13-5-2-6-14-51)70-61(75)50-87-49-60(74)66-29-31-79-33-35-81-37-39-83-41-43-85-45-46-86-44-42-84-40-38-82-36-34-80-32-30-68-72-65/h2-10,13-18,20-27,58-59,67,73H,11-12,19,28-50H2,1H3,(H,66,74)(H,69,76)(H,70,75)(H,71,77). The van der Waals surface area contributed by atoms with Crippen LogP contribution >= 0.6 is 0 Å². The maximum atomic E-state index is 14.3. The number of hydrogen-bond donors (Lipinski definition) is 6. The largest absolute Gasteiger partial charge is 0.497 e. The lowest BCUT2D eigenvalue weighted by Gasteiger charge is -2.37. The molecular formula is C64H86N8O15. The lowest BCUT2D eigenvalue weighted by molar-refractivity contribution is -0.134. The average molecular weight is 1210 g/mol. The Morgan fingerprint density at radius 2 is 0.989 bits per heavy atom. The van der Waals surface area contributed by atoms with Crippen molar-refractivity contribution < 1.29 is 71.7 Å². The molecule has 0 heterocycles. The second-order valence-corrected chi connectivity index (χ2v) is 19.5. The van der Waals surface area contributed by atoms with E-state index in [1.54, 1.807) is 31.4 Å². The summed E-state index contributed by atoms with van der Waals surface area (Å²) in [5, 5.41) is 28.2. The molecule has 0 fully saturated rings. The molecule has 0 aliphatic heterocycles. The van der Waals surface area contributed by atoms with Gasteiger partial charge < -0.3 is 73.7 Å². The zero-order chi connectivity index (χ0) is 61.7. The van der Waals surface area contributed by atoms with Gasteiger partial charge in [0.2, 0.25) is 23.6 Å². The number of amides is 4. The first-order chi connectivity index (χ1) is 42.7. The van der Waals surface area contributed by atoms with Crippen molar-refractivity contribution in [2.75, 3.05) is 151 Å². The molecule has 0 saturated heterocycles. The number of azide groups is 1. The van der Waals surface area contributed by atoms with Crippen LogP contribution in [0.3, 0.4) is 0 Å². The van der Waals surface area contributed by atoms with Crippen LogP contribution in [0.5, 0.6) is 5.75 Å². The quantitative estimate of drug-likeness (QED) is 0.00900. The van der Waals surface area contributed by atoms with Crippen LogP contribution in [0.1, 0.15) is 47.1 Å². The highest BCUT2D eigenvalue weighted by molar-refractivity contribution is 5.98. The monoisotopic (exact) mass is 1210 g/mol. The van der Waals surface area contributed by atoms with Crippen LogP contribution in [-0.4, -0.2) is 186 Å². The highest BCUT2D eigenvalue weighted by Gasteiger charge is 2.36. The van der Waals surface area contributed by atoms with E-state index in [1.807, 2.05) is 78.9 Å². The first-order valence-electron chi connectivity index (χ1n) is 29.4. The van der Waals surface area contributed by atoms with Gasteiger partial charge in [-0.15, -0.1) is 0 Å². The number of anilines is 1. The number of aliphatic hydroxyl groups excluding tert-OH is 1. The summed E-state index contributed by atoms with van der Waals surface area (Å²) in [7, 11) is 1.64. The van der Waals surface area contributed by atoms with Crippen LogP contribution in [0.25, 0.3) is 10.4 Å². The Morgan fingerprint density at radius 3 is 1.49 bits per heavy atom. The van der Waals surface area contributed by atoms with Gasteiger partial charge >= 0.3 is 0 Å². The molecule has 2 atom stereocenters. The predicted molar refractivity (Wildman–Crippen MR) is 327 cm³/mol. The van der Waals surface area contributed by atoms with E-state index in [-0.39, 0.29) is 32.6 Å².